The average molecular weight is 519 g/mol. The predicted octanol–water partition coefficient (Wildman–Crippen LogP) is 3.17. The monoisotopic (exact) mass is 518 g/mol. The van der Waals surface area contributed by atoms with Crippen molar-refractivity contribution in [3.63, 3.8) is 0 Å². The summed E-state index contributed by atoms with van der Waals surface area (Å²) in [4.78, 5) is 24.6. The van der Waals surface area contributed by atoms with Gasteiger partial charge in [0.1, 0.15) is 6.61 Å². The third-order valence-corrected chi connectivity index (χ3v) is 5.97. The number of aryl methyl sites for hydroxylation is 1. The quantitative estimate of drug-likeness (QED) is 0.509. The van der Waals surface area contributed by atoms with Crippen molar-refractivity contribution in [3.8, 4) is 5.88 Å². The Kier molecular flexibility index (Phi) is 7.00. The van der Waals surface area contributed by atoms with Crippen LogP contribution in [-0.2, 0) is 13.0 Å². The zero-order valence-corrected chi connectivity index (χ0v) is 19.9. The van der Waals surface area contributed by atoms with Gasteiger partial charge in [-0.15, -0.1) is 4.37 Å². The number of carbonyl (C=O) groups is 1. The smallest absolute Gasteiger partial charge is 0.321 e. The second-order valence-electron chi connectivity index (χ2n) is 7.19. The molecule has 0 atom stereocenters. The lowest BCUT2D eigenvalue weighted by molar-refractivity contribution is 0.208. The van der Waals surface area contributed by atoms with Crippen LogP contribution in [0.15, 0.2) is 34.9 Å². The summed E-state index contributed by atoms with van der Waals surface area (Å²) >= 11 is 4.59. The predicted molar refractivity (Wildman–Crippen MR) is 127 cm³/mol. The first-order valence-electron chi connectivity index (χ1n) is 10.1. The highest BCUT2D eigenvalue weighted by molar-refractivity contribution is 9.10. The van der Waals surface area contributed by atoms with Gasteiger partial charge >= 0.3 is 6.03 Å². The van der Waals surface area contributed by atoms with Crippen molar-refractivity contribution < 1.29 is 9.53 Å². The van der Waals surface area contributed by atoms with Crippen LogP contribution >= 0.6 is 27.7 Å². The van der Waals surface area contributed by atoms with E-state index in [1.54, 1.807) is 17.2 Å². The topological polar surface area (TPSA) is 122 Å². The molecule has 1 aromatic carbocycles. The van der Waals surface area contributed by atoms with Crippen LogP contribution in [0.4, 0.5) is 22.2 Å². The average Bonchev–Trinajstić information content (AvgIpc) is 3.26. The number of aromatic nitrogens is 4. The van der Waals surface area contributed by atoms with Gasteiger partial charge in [-0.3, -0.25) is 0 Å². The summed E-state index contributed by atoms with van der Waals surface area (Å²) < 4.78 is 15.4. The molecule has 0 spiro atoms. The van der Waals surface area contributed by atoms with Crippen LogP contribution in [0.1, 0.15) is 18.2 Å². The number of nitrogens with zero attached hydrogens (tertiary/aromatic N) is 6. The zero-order valence-electron chi connectivity index (χ0n) is 17.5. The summed E-state index contributed by atoms with van der Waals surface area (Å²) in [7, 11) is 0. The summed E-state index contributed by atoms with van der Waals surface area (Å²) in [6.07, 6.45) is 2.49. The van der Waals surface area contributed by atoms with Gasteiger partial charge in [0.05, 0.1) is 17.4 Å². The minimum Gasteiger partial charge on any atom is -0.468 e. The Labute approximate surface area is 198 Å². The van der Waals surface area contributed by atoms with Crippen molar-refractivity contribution in [2.24, 2.45) is 0 Å². The Morgan fingerprint density at radius 2 is 2.06 bits per heavy atom. The Morgan fingerprint density at radius 1 is 1.25 bits per heavy atom. The number of benzene rings is 1. The minimum absolute atomic E-state index is 0.112. The first-order chi connectivity index (χ1) is 15.5. The number of rotatable bonds is 6. The Bertz CT molecular complexity index is 1090. The molecule has 168 valence electrons. The number of nitrogen functional groups attached to an aromatic ring is 1. The maximum Gasteiger partial charge on any atom is 0.321 e. The molecule has 1 saturated heterocycles. The van der Waals surface area contributed by atoms with Crippen molar-refractivity contribution in [1.82, 2.24) is 23.6 Å². The molecule has 0 radical (unpaired) electrons. The molecular weight excluding hydrogens is 496 g/mol. The van der Waals surface area contributed by atoms with E-state index in [9.17, 15) is 4.79 Å². The van der Waals surface area contributed by atoms with Crippen molar-refractivity contribution in [2.45, 2.75) is 20.0 Å². The van der Waals surface area contributed by atoms with E-state index in [1.807, 2.05) is 12.1 Å². The number of hydrogen-bond acceptors (Lipinski definition) is 9. The number of nitrogens with two attached hydrogens (primary N) is 1. The summed E-state index contributed by atoms with van der Waals surface area (Å²) in [5, 5.41) is 3.00. The SMILES string of the molecule is CCc1cc(Br)cc(NC(=O)N2CCN(c3nsnc3OCc3ccnc(N)n3)CC2)c1. The molecule has 3 aromatic rings. The number of nitrogens with one attached hydrogen (secondary N) is 1. The molecule has 12 heteroatoms. The molecule has 1 aliphatic rings. The molecule has 1 aliphatic heterocycles. The summed E-state index contributed by atoms with van der Waals surface area (Å²) in [5.74, 6) is 1.33. The normalized spacial score (nSPS) is 13.8. The van der Waals surface area contributed by atoms with Crippen molar-refractivity contribution in [1.29, 1.82) is 0 Å². The van der Waals surface area contributed by atoms with E-state index in [1.165, 1.54) is 0 Å². The van der Waals surface area contributed by atoms with Gasteiger partial charge in [0.25, 0.3) is 5.88 Å². The molecule has 0 bridgehead atoms. The third kappa shape index (κ3) is 5.43. The molecular formula is C20H23BrN8O2S. The number of amides is 2. The molecule has 3 N–H and O–H groups in total. The van der Waals surface area contributed by atoms with E-state index >= 15 is 0 Å². The number of anilines is 3. The van der Waals surface area contributed by atoms with Gasteiger partial charge in [-0.2, -0.15) is 4.37 Å². The fourth-order valence-corrected chi connectivity index (χ4v) is 4.41. The van der Waals surface area contributed by atoms with Crippen molar-refractivity contribution in [3.05, 3.63) is 46.2 Å². The van der Waals surface area contributed by atoms with E-state index in [4.69, 9.17) is 10.5 Å². The molecule has 4 rings (SSSR count). The minimum atomic E-state index is -0.112. The van der Waals surface area contributed by atoms with Crippen molar-refractivity contribution >= 4 is 51.1 Å². The molecule has 0 saturated carbocycles. The summed E-state index contributed by atoms with van der Waals surface area (Å²) in [6, 6.07) is 7.58. The van der Waals surface area contributed by atoms with Crippen LogP contribution in [-0.4, -0.2) is 55.8 Å². The molecule has 32 heavy (non-hydrogen) atoms. The highest BCUT2D eigenvalue weighted by Gasteiger charge is 2.25. The Hall–Kier alpha value is -2.99. The van der Waals surface area contributed by atoms with Crippen LogP contribution < -0.4 is 20.7 Å². The lowest BCUT2D eigenvalue weighted by Gasteiger charge is -2.34. The van der Waals surface area contributed by atoms with E-state index in [2.05, 4.69) is 57.9 Å². The van der Waals surface area contributed by atoms with Gasteiger partial charge in [-0.1, -0.05) is 22.9 Å². The first kappa shape index (κ1) is 22.2. The van der Waals surface area contributed by atoms with E-state index in [-0.39, 0.29) is 18.6 Å². The van der Waals surface area contributed by atoms with Crippen LogP contribution in [0.5, 0.6) is 5.88 Å². The second-order valence-corrected chi connectivity index (χ2v) is 8.64. The highest BCUT2D eigenvalue weighted by Crippen LogP contribution is 2.27. The fraction of sp³-hybridized carbons (Fsp3) is 0.350. The van der Waals surface area contributed by atoms with Gasteiger partial charge in [0.2, 0.25) is 11.8 Å². The molecule has 0 aliphatic carbocycles. The number of ether oxygens (including phenoxy) is 1. The molecule has 10 nitrogen and oxygen atoms in total. The molecule has 3 heterocycles. The fourth-order valence-electron chi connectivity index (χ4n) is 3.35. The Morgan fingerprint density at radius 3 is 2.81 bits per heavy atom. The third-order valence-electron chi connectivity index (χ3n) is 5.01. The molecule has 2 aromatic heterocycles. The van der Waals surface area contributed by atoms with Crippen LogP contribution in [0.25, 0.3) is 0 Å². The molecule has 2 amide bonds. The number of hydrogen-bond donors (Lipinski definition) is 2. The lowest BCUT2D eigenvalue weighted by Crippen LogP contribution is -2.50. The number of urea groups is 1. The van der Waals surface area contributed by atoms with Gasteiger partial charge in [-0.25, -0.2) is 14.8 Å². The number of halogens is 1. The van der Waals surface area contributed by atoms with Crippen LogP contribution in [0, 0.1) is 0 Å². The van der Waals surface area contributed by atoms with Gasteiger partial charge in [-0.05, 0) is 36.2 Å². The largest absolute Gasteiger partial charge is 0.468 e. The van der Waals surface area contributed by atoms with Gasteiger partial charge < -0.3 is 25.6 Å². The van der Waals surface area contributed by atoms with E-state index in [0.717, 1.165) is 33.9 Å². The van der Waals surface area contributed by atoms with Gasteiger partial charge in [0, 0.05) is 42.5 Å². The van der Waals surface area contributed by atoms with Crippen molar-refractivity contribution in [2.75, 3.05) is 42.1 Å². The Balaban J connectivity index is 1.33. The summed E-state index contributed by atoms with van der Waals surface area (Å²) in [5.41, 5.74) is 8.22. The number of carbonyl (C=O) groups excluding carboxylic acids is 1. The van der Waals surface area contributed by atoms with Crippen LogP contribution in [0.3, 0.4) is 0 Å². The van der Waals surface area contributed by atoms with E-state index in [0.29, 0.717) is 43.6 Å². The molecule has 1 fully saturated rings. The maximum absolute atomic E-state index is 12.7. The summed E-state index contributed by atoms with van der Waals surface area (Å²) in [6.45, 7) is 4.71. The second kappa shape index (κ2) is 10.1. The van der Waals surface area contributed by atoms with Gasteiger partial charge in [0.15, 0.2) is 0 Å². The maximum atomic E-state index is 12.7. The molecule has 0 unspecified atom stereocenters. The zero-order chi connectivity index (χ0) is 22.5. The highest BCUT2D eigenvalue weighted by atomic mass is 79.9. The van der Waals surface area contributed by atoms with E-state index < -0.39 is 0 Å². The van der Waals surface area contributed by atoms with Crippen LogP contribution in [0.2, 0.25) is 0 Å². The first-order valence-corrected chi connectivity index (χ1v) is 11.7. The lowest BCUT2D eigenvalue weighted by atomic mass is 10.1. The number of piperazine rings is 1. The standard InChI is InChI=1S/C20H23BrN8O2S/c1-2-13-9-14(21)11-16(10-13)25-20(30)29-7-5-28(6-8-29)17-18(27-32-26-17)31-12-15-3-4-23-19(22)24-15/h3-4,9-11H,2,5-8,12H2,1H3,(H,25,30)(H2,22,23,24).